The van der Waals surface area contributed by atoms with Crippen molar-refractivity contribution >= 4 is 39.7 Å². The number of ether oxygens (including phenoxy) is 2. The zero-order valence-electron chi connectivity index (χ0n) is 19.6. The summed E-state index contributed by atoms with van der Waals surface area (Å²) < 4.78 is 11.0. The van der Waals surface area contributed by atoms with Crippen molar-refractivity contribution < 1.29 is 23.9 Å². The third-order valence-corrected chi connectivity index (χ3v) is 5.20. The number of hydrogen-bond donors (Lipinski definition) is 3. The minimum Gasteiger partial charge on any atom is -0.449 e. The van der Waals surface area contributed by atoms with Crippen molar-refractivity contribution in [2.45, 2.75) is 58.7 Å². The molecule has 184 valence electrons. The molecule has 2 unspecified atom stereocenters. The van der Waals surface area contributed by atoms with Crippen LogP contribution >= 0.6 is 15.9 Å². The number of benzene rings is 1. The molecule has 0 fully saturated rings. The van der Waals surface area contributed by atoms with E-state index < -0.39 is 18.4 Å². The number of carbonyl (C=O) groups is 3. The lowest BCUT2D eigenvalue weighted by Gasteiger charge is -2.18. The summed E-state index contributed by atoms with van der Waals surface area (Å²) in [4.78, 5) is 40.0. The van der Waals surface area contributed by atoms with Gasteiger partial charge in [-0.05, 0) is 60.0 Å². The molecule has 0 aliphatic carbocycles. The Morgan fingerprint density at radius 2 is 1.79 bits per heavy atom. The van der Waals surface area contributed by atoms with Gasteiger partial charge >= 0.3 is 12.2 Å². The number of amides is 3. The quantitative estimate of drug-likeness (QED) is 0.348. The van der Waals surface area contributed by atoms with Crippen molar-refractivity contribution in [2.24, 2.45) is 0 Å². The van der Waals surface area contributed by atoms with Gasteiger partial charge in [-0.15, -0.1) is 0 Å². The van der Waals surface area contributed by atoms with Crippen LogP contribution in [0.25, 0.3) is 0 Å². The second kappa shape index (κ2) is 14.2. The molecule has 0 radical (unpaired) electrons. The normalized spacial score (nSPS) is 12.2. The monoisotopic (exact) mass is 534 g/mol. The third kappa shape index (κ3) is 10.2. The summed E-state index contributed by atoms with van der Waals surface area (Å²) >= 11 is 3.29. The van der Waals surface area contributed by atoms with Crippen LogP contribution in [0.15, 0.2) is 47.2 Å². The van der Waals surface area contributed by atoms with E-state index in [9.17, 15) is 14.4 Å². The van der Waals surface area contributed by atoms with Gasteiger partial charge in [0, 0.05) is 35.0 Å². The van der Waals surface area contributed by atoms with Gasteiger partial charge < -0.3 is 20.1 Å². The Balaban J connectivity index is 1.68. The van der Waals surface area contributed by atoms with E-state index in [0.717, 1.165) is 29.3 Å². The fraction of sp³-hybridized carbons (Fsp3) is 0.417. The average Bonchev–Trinajstić information content (AvgIpc) is 2.78. The molecule has 3 amide bonds. The first-order chi connectivity index (χ1) is 16.3. The van der Waals surface area contributed by atoms with Crippen LogP contribution in [0.4, 0.5) is 15.3 Å². The molecule has 34 heavy (non-hydrogen) atoms. The molecule has 0 aliphatic heterocycles. The molecule has 1 aromatic heterocycles. The number of nitrogens with one attached hydrogen (secondary N) is 3. The molecule has 2 aromatic rings. The van der Waals surface area contributed by atoms with Gasteiger partial charge in [0.15, 0.2) is 6.23 Å². The van der Waals surface area contributed by atoms with Crippen LogP contribution < -0.4 is 16.0 Å². The number of unbranched alkanes of at least 4 members (excludes halogenated alkanes) is 1. The molecule has 2 atom stereocenters. The second-order valence-electron chi connectivity index (χ2n) is 7.81. The summed E-state index contributed by atoms with van der Waals surface area (Å²) in [5.74, 6) is -0.262. The smallest absolute Gasteiger partial charge is 0.409 e. The minimum absolute atomic E-state index is 0.00355. The Morgan fingerprint density at radius 3 is 2.47 bits per heavy atom. The van der Waals surface area contributed by atoms with E-state index in [0.29, 0.717) is 17.7 Å². The highest BCUT2D eigenvalue weighted by Gasteiger charge is 2.14. The number of alkyl carbamates (subject to hydrolysis) is 2. The summed E-state index contributed by atoms with van der Waals surface area (Å²) in [5.41, 5.74) is 2.01. The summed E-state index contributed by atoms with van der Waals surface area (Å²) in [6, 6.07) is 8.91. The van der Waals surface area contributed by atoms with Crippen LogP contribution in [0.2, 0.25) is 0 Å². The van der Waals surface area contributed by atoms with Crippen LogP contribution in [0.1, 0.15) is 56.0 Å². The van der Waals surface area contributed by atoms with Gasteiger partial charge in [0.25, 0.3) is 5.91 Å². The van der Waals surface area contributed by atoms with Gasteiger partial charge in [0.05, 0.1) is 12.2 Å². The number of hydrogen-bond acceptors (Lipinski definition) is 6. The van der Waals surface area contributed by atoms with Gasteiger partial charge in [0.1, 0.15) is 0 Å². The van der Waals surface area contributed by atoms with Crippen LogP contribution in [0.5, 0.6) is 0 Å². The molecule has 10 heteroatoms. The number of rotatable bonds is 11. The van der Waals surface area contributed by atoms with Crippen molar-refractivity contribution in [3.63, 3.8) is 0 Å². The molecular weight excluding hydrogens is 504 g/mol. The summed E-state index contributed by atoms with van der Waals surface area (Å²) in [5, 5.41) is 7.99. The number of pyridine rings is 1. The molecule has 0 bridgehead atoms. The van der Waals surface area contributed by atoms with Crippen molar-refractivity contribution in [1.29, 1.82) is 0 Å². The van der Waals surface area contributed by atoms with Gasteiger partial charge in [-0.3, -0.25) is 15.1 Å². The van der Waals surface area contributed by atoms with Gasteiger partial charge in [-0.25, -0.2) is 9.59 Å². The minimum atomic E-state index is -0.825. The van der Waals surface area contributed by atoms with E-state index in [1.54, 1.807) is 31.3 Å². The van der Waals surface area contributed by atoms with Crippen LogP contribution in [-0.4, -0.2) is 42.0 Å². The van der Waals surface area contributed by atoms with E-state index in [4.69, 9.17) is 9.47 Å². The highest BCUT2D eigenvalue weighted by atomic mass is 79.9. The first-order valence-electron chi connectivity index (χ1n) is 11.2. The molecule has 0 spiro atoms. The largest absolute Gasteiger partial charge is 0.449 e. The van der Waals surface area contributed by atoms with E-state index in [2.05, 4.69) is 43.8 Å². The van der Waals surface area contributed by atoms with Crippen LogP contribution in [0.3, 0.4) is 0 Å². The van der Waals surface area contributed by atoms with Crippen molar-refractivity contribution in [1.82, 2.24) is 15.6 Å². The lowest BCUT2D eigenvalue weighted by atomic mass is 10.1. The molecule has 0 saturated carbocycles. The number of nitrogens with zero attached hydrogens (tertiary/aromatic N) is 1. The summed E-state index contributed by atoms with van der Waals surface area (Å²) in [7, 11) is 0. The van der Waals surface area contributed by atoms with E-state index in [1.165, 1.54) is 6.20 Å². The molecule has 9 nitrogen and oxygen atoms in total. The highest BCUT2D eigenvalue weighted by molar-refractivity contribution is 9.10. The SMILES string of the molecule is CCCCC(C)NC(=O)OC(C)NC(=O)OCCc1ccc(NC(=O)c2cncc(Br)c2)cc1. The Hall–Kier alpha value is -3.14. The predicted molar refractivity (Wildman–Crippen MR) is 133 cm³/mol. The third-order valence-electron chi connectivity index (χ3n) is 4.76. The molecule has 2 rings (SSSR count). The first-order valence-corrected chi connectivity index (χ1v) is 12.0. The maximum absolute atomic E-state index is 12.3. The summed E-state index contributed by atoms with van der Waals surface area (Å²) in [6.07, 6.45) is 4.43. The molecule has 0 saturated heterocycles. The predicted octanol–water partition coefficient (Wildman–Crippen LogP) is 5.02. The number of anilines is 1. The zero-order valence-corrected chi connectivity index (χ0v) is 21.2. The maximum atomic E-state index is 12.3. The standard InChI is InChI=1S/C24H31BrN4O5/c1-4-5-6-16(2)27-24(32)34-17(3)28-23(31)33-12-11-18-7-9-21(10-8-18)29-22(30)19-13-20(25)15-26-14-19/h7-10,13-17H,4-6,11-12H2,1-3H3,(H,27,32)(H,28,31)(H,29,30). The van der Waals surface area contributed by atoms with E-state index >= 15 is 0 Å². The van der Waals surface area contributed by atoms with Crippen molar-refractivity contribution in [3.8, 4) is 0 Å². The lowest BCUT2D eigenvalue weighted by Crippen LogP contribution is -2.41. The Labute approximate surface area is 208 Å². The summed E-state index contributed by atoms with van der Waals surface area (Å²) in [6.45, 7) is 5.69. The van der Waals surface area contributed by atoms with Gasteiger partial charge in [-0.2, -0.15) is 0 Å². The van der Waals surface area contributed by atoms with Crippen LogP contribution in [0, 0.1) is 0 Å². The van der Waals surface area contributed by atoms with Crippen molar-refractivity contribution in [2.75, 3.05) is 11.9 Å². The highest BCUT2D eigenvalue weighted by Crippen LogP contribution is 2.14. The van der Waals surface area contributed by atoms with E-state index in [1.807, 2.05) is 19.1 Å². The molecule has 1 aromatic carbocycles. The average molecular weight is 535 g/mol. The van der Waals surface area contributed by atoms with Crippen molar-refractivity contribution in [3.05, 3.63) is 58.3 Å². The number of carbonyl (C=O) groups excluding carboxylic acids is 3. The fourth-order valence-corrected chi connectivity index (χ4v) is 3.34. The fourth-order valence-electron chi connectivity index (χ4n) is 2.97. The van der Waals surface area contributed by atoms with Gasteiger partial charge in [-0.1, -0.05) is 31.9 Å². The first kappa shape index (κ1) is 27.1. The maximum Gasteiger partial charge on any atom is 0.409 e. The zero-order chi connectivity index (χ0) is 24.9. The molecule has 1 heterocycles. The van der Waals surface area contributed by atoms with Gasteiger partial charge in [0.2, 0.25) is 0 Å². The molecule has 3 N–H and O–H groups in total. The van der Waals surface area contributed by atoms with Crippen LogP contribution in [-0.2, 0) is 15.9 Å². The molecular formula is C24H31BrN4O5. The Morgan fingerprint density at radius 1 is 1.06 bits per heavy atom. The number of halogens is 1. The lowest BCUT2D eigenvalue weighted by molar-refractivity contribution is 0.0752. The van der Waals surface area contributed by atoms with E-state index in [-0.39, 0.29) is 18.6 Å². The number of aromatic nitrogens is 1. The topological polar surface area (TPSA) is 119 Å². The Kier molecular flexibility index (Phi) is 11.3. The second-order valence-corrected chi connectivity index (χ2v) is 8.72. The Bertz CT molecular complexity index is 955. The molecule has 0 aliphatic rings.